The molecule has 0 unspecified atom stereocenters. The number of pyridine rings is 1. The maximum Gasteiger partial charge on any atom is 0.332 e. The van der Waals surface area contributed by atoms with Gasteiger partial charge in [0.25, 0.3) is 0 Å². The predicted molar refractivity (Wildman–Crippen MR) is 138 cm³/mol. The van der Waals surface area contributed by atoms with Crippen molar-refractivity contribution in [3.63, 3.8) is 0 Å². The number of benzene rings is 3. The van der Waals surface area contributed by atoms with E-state index in [1.165, 1.54) is 18.2 Å². The molecule has 2 heterocycles. The van der Waals surface area contributed by atoms with Crippen LogP contribution >= 0.6 is 0 Å². The lowest BCUT2D eigenvalue weighted by Gasteiger charge is -2.19. The summed E-state index contributed by atoms with van der Waals surface area (Å²) in [4.78, 5) is 16.9. The van der Waals surface area contributed by atoms with E-state index in [1.807, 2.05) is 32.0 Å². The van der Waals surface area contributed by atoms with Gasteiger partial charge in [-0.3, -0.25) is 4.79 Å². The van der Waals surface area contributed by atoms with Gasteiger partial charge in [0.2, 0.25) is 0 Å². The number of halogens is 1. The highest BCUT2D eigenvalue weighted by molar-refractivity contribution is 7.86. The van der Waals surface area contributed by atoms with Crippen LogP contribution in [0.3, 0.4) is 0 Å². The molecule has 6 nitrogen and oxygen atoms in total. The highest BCUT2D eigenvalue weighted by atomic mass is 32.3. The molecule has 180 valence electrons. The van der Waals surface area contributed by atoms with Gasteiger partial charge >= 0.3 is 10.2 Å². The number of aromatic amines is 1. The quantitative estimate of drug-likeness (QED) is 0.294. The topological polar surface area (TPSA) is 95.7 Å². The molecule has 36 heavy (non-hydrogen) atoms. The van der Waals surface area contributed by atoms with E-state index in [0.29, 0.717) is 27.5 Å². The Morgan fingerprint density at radius 2 is 1.86 bits per heavy atom. The summed E-state index contributed by atoms with van der Waals surface area (Å²) in [6, 6.07) is 17.3. The number of nitriles is 1. The van der Waals surface area contributed by atoms with Crippen LogP contribution < -0.4 is 5.43 Å². The molecule has 6 rings (SSSR count). The normalized spacial score (nSPS) is 14.2. The van der Waals surface area contributed by atoms with E-state index >= 15 is 0 Å². The molecular weight excluding hydrogens is 477 g/mol. The van der Waals surface area contributed by atoms with Gasteiger partial charge in [-0.05, 0) is 71.8 Å². The van der Waals surface area contributed by atoms with Crippen LogP contribution in [0.25, 0.3) is 44.0 Å². The lowest BCUT2D eigenvalue weighted by atomic mass is 9.90. The van der Waals surface area contributed by atoms with E-state index in [-0.39, 0.29) is 17.4 Å². The molecule has 1 fully saturated rings. The van der Waals surface area contributed by atoms with Crippen LogP contribution in [0.15, 0.2) is 64.3 Å². The minimum atomic E-state index is -4.86. The van der Waals surface area contributed by atoms with Crippen molar-refractivity contribution >= 4 is 43.1 Å². The number of hydrogen-bond acceptors (Lipinski definition) is 4. The second kappa shape index (κ2) is 7.77. The zero-order chi connectivity index (χ0) is 25.4. The molecule has 1 saturated carbocycles. The summed E-state index contributed by atoms with van der Waals surface area (Å²) < 4.78 is 39.1. The van der Waals surface area contributed by atoms with Gasteiger partial charge in [0.05, 0.1) is 27.4 Å². The van der Waals surface area contributed by atoms with Gasteiger partial charge in [-0.1, -0.05) is 32.0 Å². The number of H-pyrrole nitrogens is 1. The smallest absolute Gasteiger partial charge is 0.332 e. The molecule has 0 saturated heterocycles. The fourth-order valence-electron chi connectivity index (χ4n) is 5.16. The summed E-state index contributed by atoms with van der Waals surface area (Å²) >= 11 is 0. The van der Waals surface area contributed by atoms with E-state index < -0.39 is 15.1 Å². The molecular formula is C28H22FN3O3S. The summed E-state index contributed by atoms with van der Waals surface area (Å²) in [5, 5.41) is 11.3. The fraction of sp³-hybridized carbons (Fsp3) is 0.214. The van der Waals surface area contributed by atoms with Gasteiger partial charge in [-0.15, -0.1) is 3.89 Å². The molecule has 0 atom stereocenters. The molecule has 0 amide bonds. The highest BCUT2D eigenvalue weighted by Crippen LogP contribution is 2.42. The largest absolute Gasteiger partial charge is 0.340 e. The fourth-order valence-corrected chi connectivity index (χ4v) is 5.67. The Bertz CT molecular complexity index is 1940. The third-order valence-electron chi connectivity index (χ3n) is 7.01. The van der Waals surface area contributed by atoms with Crippen molar-refractivity contribution in [2.24, 2.45) is 0 Å². The van der Waals surface area contributed by atoms with Crippen LogP contribution in [0.5, 0.6) is 0 Å². The van der Waals surface area contributed by atoms with Gasteiger partial charge in [0, 0.05) is 22.3 Å². The van der Waals surface area contributed by atoms with Gasteiger partial charge in [-0.25, -0.2) is 0 Å². The lowest BCUT2D eigenvalue weighted by Crippen LogP contribution is -2.11. The van der Waals surface area contributed by atoms with E-state index in [0.717, 1.165) is 40.4 Å². The van der Waals surface area contributed by atoms with Crippen molar-refractivity contribution in [2.45, 2.75) is 43.5 Å². The maximum atomic E-state index is 13.9. The average Bonchev–Trinajstić information content (AvgIpc) is 3.61. The van der Waals surface area contributed by atoms with Gasteiger partial charge in [0.1, 0.15) is 5.65 Å². The van der Waals surface area contributed by atoms with E-state index in [4.69, 9.17) is 0 Å². The summed E-state index contributed by atoms with van der Waals surface area (Å²) in [5.74, 6) is 0.0284. The van der Waals surface area contributed by atoms with Crippen molar-refractivity contribution in [3.05, 3.63) is 75.9 Å². The van der Waals surface area contributed by atoms with E-state index in [1.54, 1.807) is 18.2 Å². The number of hydrogen-bond donors (Lipinski definition) is 1. The van der Waals surface area contributed by atoms with Crippen molar-refractivity contribution in [1.29, 1.82) is 5.26 Å². The van der Waals surface area contributed by atoms with Crippen LogP contribution in [0, 0.1) is 11.3 Å². The van der Waals surface area contributed by atoms with Gasteiger partial charge < -0.3 is 9.55 Å². The molecule has 8 heteroatoms. The Balaban J connectivity index is 1.75. The Labute approximate surface area is 206 Å². The SMILES string of the molecule is CC(C)c1cc2c(=O)c3c4ccc(C#N)cc4[nH]c3n(C3CC3)c2cc1-c1cccc(S(=O)(=O)F)c1. The lowest BCUT2D eigenvalue weighted by molar-refractivity contribution is 0.552. The first-order valence-electron chi connectivity index (χ1n) is 11.8. The molecule has 1 N–H and O–H groups in total. The standard InChI is InChI=1S/C28H22FN3O3S/c1-15(2)21-12-23-25(13-22(21)17-4-3-5-19(11-17)36(29,34)35)32(18-7-8-18)28-26(27(23)33)20-9-6-16(14-30)10-24(20)31-28/h3-6,9-13,15,18,31H,7-8H2,1-2H3. The zero-order valence-electron chi connectivity index (χ0n) is 19.7. The average molecular weight is 500 g/mol. The Kier molecular flexibility index (Phi) is 4.86. The molecule has 0 spiro atoms. The van der Waals surface area contributed by atoms with E-state index in [2.05, 4.69) is 15.6 Å². The molecule has 1 aliphatic carbocycles. The first-order chi connectivity index (χ1) is 17.2. The Morgan fingerprint density at radius 3 is 2.53 bits per heavy atom. The molecule has 0 bridgehead atoms. The second-order valence-electron chi connectivity index (χ2n) is 9.73. The van der Waals surface area contributed by atoms with E-state index in [9.17, 15) is 22.4 Å². The first kappa shape index (κ1) is 22.5. The van der Waals surface area contributed by atoms with Crippen LogP contribution in [0.4, 0.5) is 3.89 Å². The monoisotopic (exact) mass is 499 g/mol. The number of nitrogens with zero attached hydrogens (tertiary/aromatic N) is 2. The summed E-state index contributed by atoms with van der Waals surface area (Å²) in [6.45, 7) is 4.01. The van der Waals surface area contributed by atoms with Crippen LogP contribution in [-0.4, -0.2) is 18.0 Å². The molecule has 2 aromatic heterocycles. The highest BCUT2D eigenvalue weighted by Gasteiger charge is 2.29. The van der Waals surface area contributed by atoms with Crippen molar-refractivity contribution in [1.82, 2.24) is 9.55 Å². The summed E-state index contributed by atoms with van der Waals surface area (Å²) in [6.07, 6.45) is 1.95. The van der Waals surface area contributed by atoms with Gasteiger partial charge in [-0.2, -0.15) is 13.7 Å². The molecule has 0 radical (unpaired) electrons. The summed E-state index contributed by atoms with van der Waals surface area (Å²) in [5.41, 5.74) is 4.82. The van der Waals surface area contributed by atoms with Crippen molar-refractivity contribution in [3.8, 4) is 17.2 Å². The molecule has 5 aromatic rings. The first-order valence-corrected chi connectivity index (χ1v) is 13.2. The minimum Gasteiger partial charge on any atom is -0.340 e. The number of fused-ring (bicyclic) bond motifs is 4. The zero-order valence-corrected chi connectivity index (χ0v) is 20.5. The maximum absolute atomic E-state index is 13.9. The van der Waals surface area contributed by atoms with Crippen molar-refractivity contribution < 1.29 is 12.3 Å². The Hall–Kier alpha value is -3.96. The van der Waals surface area contributed by atoms with Crippen LogP contribution in [0.1, 0.15) is 49.8 Å². The third-order valence-corrected chi connectivity index (χ3v) is 7.83. The number of nitrogens with one attached hydrogen (secondary N) is 1. The van der Waals surface area contributed by atoms with Crippen molar-refractivity contribution in [2.75, 3.05) is 0 Å². The third kappa shape index (κ3) is 3.42. The Morgan fingerprint density at radius 1 is 1.08 bits per heavy atom. The second-order valence-corrected chi connectivity index (χ2v) is 11.1. The molecule has 1 aliphatic rings. The number of rotatable bonds is 4. The van der Waals surface area contributed by atoms with Crippen LogP contribution in [0.2, 0.25) is 0 Å². The predicted octanol–water partition coefficient (Wildman–Crippen LogP) is 6.29. The summed E-state index contributed by atoms with van der Waals surface area (Å²) in [7, 11) is -4.86. The minimum absolute atomic E-state index is 0.0284. The molecule has 0 aliphatic heterocycles. The number of aromatic nitrogens is 2. The molecule has 3 aromatic carbocycles. The van der Waals surface area contributed by atoms with Gasteiger partial charge in [0.15, 0.2) is 5.43 Å². The van der Waals surface area contributed by atoms with Crippen LogP contribution in [-0.2, 0) is 10.2 Å².